The second-order valence-electron chi connectivity index (χ2n) is 8.49. The van der Waals surface area contributed by atoms with Gasteiger partial charge in [0.15, 0.2) is 4.96 Å². The van der Waals surface area contributed by atoms with E-state index in [9.17, 15) is 9.59 Å². The van der Waals surface area contributed by atoms with Crippen LogP contribution in [0.4, 0.5) is 0 Å². The van der Waals surface area contributed by atoms with Gasteiger partial charge < -0.3 is 10.2 Å². The van der Waals surface area contributed by atoms with Crippen LogP contribution < -0.4 is 5.32 Å². The summed E-state index contributed by atoms with van der Waals surface area (Å²) in [6, 6.07) is 10.6. The maximum Gasteiger partial charge on any atom is 0.224 e. The summed E-state index contributed by atoms with van der Waals surface area (Å²) >= 11 is 1.71. The lowest BCUT2D eigenvalue weighted by Gasteiger charge is -2.41. The largest absolute Gasteiger partial charge is 0.353 e. The van der Waals surface area contributed by atoms with Crippen molar-refractivity contribution >= 4 is 28.1 Å². The molecule has 7 heteroatoms. The molecule has 6 nitrogen and oxygen atoms in total. The lowest BCUT2D eigenvalue weighted by Crippen LogP contribution is -2.47. The Balaban J connectivity index is 1.38. The first-order valence-electron chi connectivity index (χ1n) is 10.6. The predicted molar refractivity (Wildman–Crippen MR) is 117 cm³/mol. The van der Waals surface area contributed by atoms with Gasteiger partial charge in [-0.25, -0.2) is 4.98 Å². The topological polar surface area (TPSA) is 66.7 Å². The van der Waals surface area contributed by atoms with Crippen molar-refractivity contribution in [3.8, 4) is 0 Å². The number of amides is 2. The first-order valence-corrected chi connectivity index (χ1v) is 11.4. The van der Waals surface area contributed by atoms with Gasteiger partial charge >= 0.3 is 0 Å². The van der Waals surface area contributed by atoms with Crippen LogP contribution in [0.3, 0.4) is 0 Å². The van der Waals surface area contributed by atoms with E-state index in [4.69, 9.17) is 4.98 Å². The summed E-state index contributed by atoms with van der Waals surface area (Å²) in [4.78, 5) is 33.5. The van der Waals surface area contributed by atoms with Gasteiger partial charge in [0.1, 0.15) is 0 Å². The van der Waals surface area contributed by atoms with E-state index in [2.05, 4.69) is 53.3 Å². The normalized spacial score (nSPS) is 21.2. The van der Waals surface area contributed by atoms with Gasteiger partial charge in [0.05, 0.1) is 5.69 Å². The van der Waals surface area contributed by atoms with Crippen molar-refractivity contribution in [1.29, 1.82) is 0 Å². The van der Waals surface area contributed by atoms with E-state index in [1.807, 2.05) is 11.0 Å². The molecule has 0 unspecified atom stereocenters. The number of imidazole rings is 1. The van der Waals surface area contributed by atoms with Crippen LogP contribution in [0.5, 0.6) is 0 Å². The van der Waals surface area contributed by atoms with Crippen LogP contribution in [0.25, 0.3) is 4.96 Å². The van der Waals surface area contributed by atoms with Gasteiger partial charge in [0.25, 0.3) is 0 Å². The van der Waals surface area contributed by atoms with E-state index in [1.54, 1.807) is 11.3 Å². The molecule has 156 valence electrons. The van der Waals surface area contributed by atoms with Crippen LogP contribution in [0.2, 0.25) is 0 Å². The van der Waals surface area contributed by atoms with Crippen molar-refractivity contribution in [2.45, 2.75) is 50.5 Å². The summed E-state index contributed by atoms with van der Waals surface area (Å²) in [5.41, 5.74) is 2.18. The van der Waals surface area contributed by atoms with Gasteiger partial charge in [-0.3, -0.25) is 14.0 Å². The highest BCUT2D eigenvalue weighted by molar-refractivity contribution is 7.16. The number of benzene rings is 1. The lowest BCUT2D eigenvalue weighted by atomic mass is 9.70. The van der Waals surface area contributed by atoms with Crippen LogP contribution in [0, 0.1) is 6.92 Å². The van der Waals surface area contributed by atoms with E-state index in [-0.39, 0.29) is 23.3 Å². The zero-order valence-electron chi connectivity index (χ0n) is 17.1. The molecular weight excluding hydrogens is 396 g/mol. The number of piperidine rings is 1. The molecule has 2 aliphatic rings. The molecule has 5 rings (SSSR count). The van der Waals surface area contributed by atoms with E-state index < -0.39 is 0 Å². The second-order valence-corrected chi connectivity index (χ2v) is 9.71. The Labute approximate surface area is 179 Å². The standard InChI is InChI=1S/C23H26N4O2S/c1-16-14-27-15-19(25-22(27)30-16)23(17-5-3-2-4-6-17)9-11-26(12-10-23)21(29)13-18-7-8-20(28)24-18/h2-6,14-15,18H,7-13H2,1H3,(H,24,28)/t18-/m0/s1. The highest BCUT2D eigenvalue weighted by Gasteiger charge is 2.41. The number of carbonyl (C=O) groups excluding carboxylic acids is 2. The number of rotatable bonds is 4. The molecule has 2 saturated heterocycles. The molecule has 4 heterocycles. The maximum absolute atomic E-state index is 12.8. The minimum absolute atomic E-state index is 0.00558. The molecule has 2 fully saturated rings. The number of nitrogens with zero attached hydrogens (tertiary/aromatic N) is 3. The van der Waals surface area contributed by atoms with Crippen molar-refractivity contribution in [3.63, 3.8) is 0 Å². The Bertz CT molecular complexity index is 1050. The quantitative estimate of drug-likeness (QED) is 0.702. The van der Waals surface area contributed by atoms with Crippen LogP contribution in [-0.2, 0) is 15.0 Å². The molecule has 0 bridgehead atoms. The summed E-state index contributed by atoms with van der Waals surface area (Å²) in [5.74, 6) is 0.204. The van der Waals surface area contributed by atoms with E-state index >= 15 is 0 Å². The summed E-state index contributed by atoms with van der Waals surface area (Å²) in [6.45, 7) is 3.51. The molecule has 0 spiro atoms. The number of hydrogen-bond acceptors (Lipinski definition) is 4. The fourth-order valence-electron chi connectivity index (χ4n) is 4.90. The molecule has 2 aromatic heterocycles. The molecule has 0 aliphatic carbocycles. The first-order chi connectivity index (χ1) is 14.5. The Morgan fingerprint density at radius 3 is 2.67 bits per heavy atom. The molecule has 2 amide bonds. The highest BCUT2D eigenvalue weighted by atomic mass is 32.1. The number of hydrogen-bond donors (Lipinski definition) is 1. The average Bonchev–Trinajstić information content (AvgIpc) is 3.43. The van der Waals surface area contributed by atoms with Gasteiger partial charge in [0, 0.05) is 54.7 Å². The number of thiazole rings is 1. The predicted octanol–water partition coefficient (Wildman–Crippen LogP) is 3.28. The Morgan fingerprint density at radius 1 is 1.23 bits per heavy atom. The minimum Gasteiger partial charge on any atom is -0.353 e. The zero-order valence-corrected chi connectivity index (χ0v) is 18.0. The molecule has 3 aromatic rings. The zero-order chi connectivity index (χ0) is 20.7. The van der Waals surface area contributed by atoms with Crippen molar-refractivity contribution in [3.05, 3.63) is 58.9 Å². The molecule has 0 radical (unpaired) electrons. The Hall–Kier alpha value is -2.67. The number of likely N-dealkylation sites (tertiary alicyclic amines) is 1. The van der Waals surface area contributed by atoms with Crippen molar-refractivity contribution in [1.82, 2.24) is 19.6 Å². The number of fused-ring (bicyclic) bond motifs is 1. The summed E-state index contributed by atoms with van der Waals surface area (Å²) < 4.78 is 2.13. The van der Waals surface area contributed by atoms with Gasteiger partial charge in [-0.05, 0) is 31.7 Å². The smallest absolute Gasteiger partial charge is 0.224 e. The average molecular weight is 423 g/mol. The minimum atomic E-state index is -0.181. The summed E-state index contributed by atoms with van der Waals surface area (Å²) in [5, 5.41) is 2.91. The number of aryl methyl sites for hydroxylation is 1. The Kier molecular flexibility index (Phi) is 4.85. The van der Waals surface area contributed by atoms with Crippen molar-refractivity contribution in [2.75, 3.05) is 13.1 Å². The third-order valence-electron chi connectivity index (χ3n) is 6.56. The SMILES string of the molecule is Cc1cn2cc(C3(c4ccccc4)CCN(C(=O)C[C@@H]4CCC(=O)N4)CC3)nc2s1. The molecule has 2 aliphatic heterocycles. The summed E-state index contributed by atoms with van der Waals surface area (Å²) in [6.07, 6.45) is 7.70. The molecular formula is C23H26N4O2S. The van der Waals surface area contributed by atoms with Crippen molar-refractivity contribution < 1.29 is 9.59 Å². The van der Waals surface area contributed by atoms with Crippen LogP contribution in [0.1, 0.15) is 48.2 Å². The maximum atomic E-state index is 12.8. The van der Waals surface area contributed by atoms with Gasteiger partial charge in [-0.2, -0.15) is 0 Å². The molecule has 1 N–H and O–H groups in total. The molecule has 1 atom stereocenters. The van der Waals surface area contributed by atoms with Gasteiger partial charge in [-0.1, -0.05) is 30.3 Å². The number of aromatic nitrogens is 2. The second kappa shape index (κ2) is 7.54. The van der Waals surface area contributed by atoms with Crippen LogP contribution >= 0.6 is 11.3 Å². The first kappa shape index (κ1) is 19.3. The van der Waals surface area contributed by atoms with Crippen LogP contribution in [0.15, 0.2) is 42.7 Å². The fourth-order valence-corrected chi connectivity index (χ4v) is 5.71. The number of carbonyl (C=O) groups is 2. The molecule has 0 saturated carbocycles. The monoisotopic (exact) mass is 422 g/mol. The Morgan fingerprint density at radius 2 is 2.00 bits per heavy atom. The summed E-state index contributed by atoms with van der Waals surface area (Å²) in [7, 11) is 0. The van der Waals surface area contributed by atoms with E-state index in [0.29, 0.717) is 25.9 Å². The van der Waals surface area contributed by atoms with E-state index in [0.717, 1.165) is 29.9 Å². The molecule has 1 aromatic carbocycles. The van der Waals surface area contributed by atoms with Gasteiger partial charge in [0.2, 0.25) is 11.8 Å². The number of nitrogens with one attached hydrogen (secondary N) is 1. The van der Waals surface area contributed by atoms with Gasteiger partial charge in [-0.15, -0.1) is 11.3 Å². The highest BCUT2D eigenvalue weighted by Crippen LogP contribution is 2.42. The lowest BCUT2D eigenvalue weighted by molar-refractivity contribution is -0.133. The third-order valence-corrected chi connectivity index (χ3v) is 7.48. The fraction of sp³-hybridized carbons (Fsp3) is 0.435. The van der Waals surface area contributed by atoms with Crippen molar-refractivity contribution in [2.24, 2.45) is 0 Å². The van der Waals surface area contributed by atoms with E-state index in [1.165, 1.54) is 10.4 Å². The molecule has 30 heavy (non-hydrogen) atoms. The van der Waals surface area contributed by atoms with Crippen LogP contribution in [-0.4, -0.2) is 45.2 Å². The third kappa shape index (κ3) is 3.41.